The topological polar surface area (TPSA) is 61.4 Å². The van der Waals surface area contributed by atoms with Crippen LogP contribution in [-0.4, -0.2) is 44.4 Å². The van der Waals surface area contributed by atoms with Crippen molar-refractivity contribution in [2.45, 2.75) is 57.0 Å². The largest absolute Gasteiger partial charge is 0.315 e. The Kier molecular flexibility index (Phi) is 4.31. The standard InChI is InChI=1S/C12H25N3O2S/c1-12(8-9-13-10-12)14-18(16,17)15(2)11-6-4-3-5-7-11/h11,13-14H,3-10H2,1-2H3. The summed E-state index contributed by atoms with van der Waals surface area (Å²) in [5, 5.41) is 3.21. The van der Waals surface area contributed by atoms with Gasteiger partial charge in [0.1, 0.15) is 0 Å². The molecule has 0 aromatic carbocycles. The molecule has 5 nitrogen and oxygen atoms in total. The molecule has 1 aliphatic carbocycles. The molecule has 1 saturated heterocycles. The SMILES string of the molecule is CN(C1CCCCC1)S(=O)(=O)NC1(C)CCNC1. The van der Waals surface area contributed by atoms with Gasteiger partial charge in [-0.15, -0.1) is 0 Å². The molecule has 0 radical (unpaired) electrons. The molecule has 1 atom stereocenters. The van der Waals surface area contributed by atoms with E-state index in [9.17, 15) is 8.42 Å². The van der Waals surface area contributed by atoms with E-state index in [1.165, 1.54) is 6.42 Å². The normalized spacial score (nSPS) is 31.1. The third-order valence-electron chi connectivity index (χ3n) is 4.21. The van der Waals surface area contributed by atoms with Crippen molar-refractivity contribution in [2.75, 3.05) is 20.1 Å². The van der Waals surface area contributed by atoms with Gasteiger partial charge in [-0.2, -0.15) is 17.4 Å². The smallest absolute Gasteiger partial charge is 0.279 e. The fourth-order valence-corrected chi connectivity index (χ4v) is 4.47. The minimum absolute atomic E-state index is 0.175. The number of hydrogen-bond donors (Lipinski definition) is 2. The highest BCUT2D eigenvalue weighted by Gasteiger charge is 2.36. The second-order valence-electron chi connectivity index (χ2n) is 5.90. The lowest BCUT2D eigenvalue weighted by molar-refractivity contribution is 0.277. The maximum Gasteiger partial charge on any atom is 0.279 e. The van der Waals surface area contributed by atoms with Crippen LogP contribution in [0.15, 0.2) is 0 Å². The first kappa shape index (κ1) is 14.2. The average Bonchev–Trinajstić information content (AvgIpc) is 2.75. The van der Waals surface area contributed by atoms with E-state index in [1.54, 1.807) is 11.4 Å². The molecular formula is C12H25N3O2S. The lowest BCUT2D eigenvalue weighted by Crippen LogP contribution is -2.54. The summed E-state index contributed by atoms with van der Waals surface area (Å²) < 4.78 is 29.2. The van der Waals surface area contributed by atoms with Crippen molar-refractivity contribution in [3.8, 4) is 0 Å². The van der Waals surface area contributed by atoms with Crippen LogP contribution in [0.25, 0.3) is 0 Å². The van der Waals surface area contributed by atoms with Gasteiger partial charge in [0.25, 0.3) is 10.2 Å². The predicted molar refractivity (Wildman–Crippen MR) is 72.6 cm³/mol. The number of rotatable bonds is 4. The van der Waals surface area contributed by atoms with Crippen LogP contribution in [0, 0.1) is 0 Å². The first-order chi connectivity index (χ1) is 8.43. The summed E-state index contributed by atoms with van der Waals surface area (Å²) in [6, 6.07) is 0.175. The molecule has 0 bridgehead atoms. The number of nitrogens with zero attached hydrogens (tertiary/aromatic N) is 1. The predicted octanol–water partition coefficient (Wildman–Crippen LogP) is 0.837. The van der Waals surface area contributed by atoms with Crippen LogP contribution in [0.5, 0.6) is 0 Å². The van der Waals surface area contributed by atoms with Crippen molar-refractivity contribution in [1.29, 1.82) is 0 Å². The van der Waals surface area contributed by atoms with Gasteiger partial charge in [0.15, 0.2) is 0 Å². The molecule has 0 aromatic heterocycles. The Hall–Kier alpha value is -0.170. The molecule has 1 saturated carbocycles. The maximum absolute atomic E-state index is 12.4. The Balaban J connectivity index is 2.00. The van der Waals surface area contributed by atoms with E-state index < -0.39 is 10.2 Å². The van der Waals surface area contributed by atoms with Crippen molar-refractivity contribution in [3.05, 3.63) is 0 Å². The van der Waals surface area contributed by atoms with Crippen molar-refractivity contribution in [3.63, 3.8) is 0 Å². The Labute approximate surface area is 110 Å². The van der Waals surface area contributed by atoms with E-state index in [4.69, 9.17) is 0 Å². The molecular weight excluding hydrogens is 250 g/mol. The number of hydrogen-bond acceptors (Lipinski definition) is 3. The van der Waals surface area contributed by atoms with Crippen LogP contribution in [0.4, 0.5) is 0 Å². The Morgan fingerprint density at radius 3 is 2.50 bits per heavy atom. The fourth-order valence-electron chi connectivity index (χ4n) is 2.93. The number of nitrogens with one attached hydrogen (secondary N) is 2. The van der Waals surface area contributed by atoms with Gasteiger partial charge in [0, 0.05) is 25.2 Å². The molecule has 0 amide bonds. The Bertz CT molecular complexity index is 371. The quantitative estimate of drug-likeness (QED) is 0.799. The molecule has 1 heterocycles. The van der Waals surface area contributed by atoms with E-state index in [1.807, 2.05) is 6.92 Å². The van der Waals surface area contributed by atoms with Crippen molar-refractivity contribution in [2.24, 2.45) is 0 Å². The van der Waals surface area contributed by atoms with Gasteiger partial charge in [-0.25, -0.2) is 0 Å². The summed E-state index contributed by atoms with van der Waals surface area (Å²) in [4.78, 5) is 0. The molecule has 2 rings (SSSR count). The Morgan fingerprint density at radius 2 is 1.94 bits per heavy atom. The summed E-state index contributed by atoms with van der Waals surface area (Å²) in [6.45, 7) is 3.57. The van der Waals surface area contributed by atoms with Crippen LogP contribution < -0.4 is 10.0 Å². The lowest BCUT2D eigenvalue weighted by atomic mass is 9.96. The highest BCUT2D eigenvalue weighted by Crippen LogP contribution is 2.24. The van der Waals surface area contributed by atoms with E-state index in [0.717, 1.165) is 38.6 Å². The molecule has 2 aliphatic rings. The van der Waals surface area contributed by atoms with Gasteiger partial charge in [-0.3, -0.25) is 0 Å². The van der Waals surface area contributed by atoms with E-state index in [0.29, 0.717) is 6.54 Å². The Morgan fingerprint density at radius 1 is 1.28 bits per heavy atom. The van der Waals surface area contributed by atoms with Gasteiger partial charge < -0.3 is 5.32 Å². The van der Waals surface area contributed by atoms with E-state index >= 15 is 0 Å². The van der Waals surface area contributed by atoms with Gasteiger partial charge in [0.2, 0.25) is 0 Å². The highest BCUT2D eigenvalue weighted by molar-refractivity contribution is 7.87. The molecule has 106 valence electrons. The van der Waals surface area contributed by atoms with E-state index in [-0.39, 0.29) is 11.6 Å². The molecule has 2 fully saturated rings. The van der Waals surface area contributed by atoms with Gasteiger partial charge in [-0.05, 0) is 32.7 Å². The first-order valence-electron chi connectivity index (χ1n) is 6.91. The minimum atomic E-state index is -3.36. The monoisotopic (exact) mass is 275 g/mol. The molecule has 1 unspecified atom stereocenters. The molecule has 0 aromatic rings. The molecule has 6 heteroatoms. The van der Waals surface area contributed by atoms with E-state index in [2.05, 4.69) is 10.0 Å². The van der Waals surface area contributed by atoms with Crippen LogP contribution in [0.3, 0.4) is 0 Å². The second kappa shape index (κ2) is 5.45. The van der Waals surface area contributed by atoms with Gasteiger partial charge in [0.05, 0.1) is 0 Å². The zero-order chi connectivity index (χ0) is 13.2. The summed E-state index contributed by atoms with van der Waals surface area (Å²) in [6.07, 6.45) is 6.36. The fraction of sp³-hybridized carbons (Fsp3) is 1.00. The molecule has 1 aliphatic heterocycles. The molecule has 18 heavy (non-hydrogen) atoms. The average molecular weight is 275 g/mol. The van der Waals surface area contributed by atoms with Gasteiger partial charge in [-0.1, -0.05) is 19.3 Å². The maximum atomic E-state index is 12.4. The zero-order valence-electron chi connectivity index (χ0n) is 11.4. The van der Waals surface area contributed by atoms with Crippen molar-refractivity contribution >= 4 is 10.2 Å². The summed E-state index contributed by atoms with van der Waals surface area (Å²) >= 11 is 0. The third kappa shape index (κ3) is 3.23. The summed E-state index contributed by atoms with van der Waals surface area (Å²) in [5.41, 5.74) is -0.332. The zero-order valence-corrected chi connectivity index (χ0v) is 12.2. The van der Waals surface area contributed by atoms with Crippen LogP contribution in [-0.2, 0) is 10.2 Å². The summed E-state index contributed by atoms with van der Waals surface area (Å²) in [7, 11) is -1.65. The van der Waals surface area contributed by atoms with Gasteiger partial charge >= 0.3 is 0 Å². The molecule has 2 N–H and O–H groups in total. The van der Waals surface area contributed by atoms with Crippen LogP contribution in [0.1, 0.15) is 45.4 Å². The molecule has 0 spiro atoms. The van der Waals surface area contributed by atoms with Crippen LogP contribution >= 0.6 is 0 Å². The highest BCUT2D eigenvalue weighted by atomic mass is 32.2. The minimum Gasteiger partial charge on any atom is -0.315 e. The third-order valence-corrected chi connectivity index (χ3v) is 6.02. The summed E-state index contributed by atoms with van der Waals surface area (Å²) in [5.74, 6) is 0. The van der Waals surface area contributed by atoms with Crippen molar-refractivity contribution in [1.82, 2.24) is 14.3 Å². The van der Waals surface area contributed by atoms with Crippen LogP contribution in [0.2, 0.25) is 0 Å². The van der Waals surface area contributed by atoms with Crippen molar-refractivity contribution < 1.29 is 8.42 Å². The first-order valence-corrected chi connectivity index (χ1v) is 8.35. The second-order valence-corrected chi connectivity index (χ2v) is 7.63. The lowest BCUT2D eigenvalue weighted by Gasteiger charge is -2.33.